The average Bonchev–Trinajstić information content (AvgIpc) is 3.16. The van der Waals surface area contributed by atoms with Gasteiger partial charge in [0.2, 0.25) is 0 Å². The highest BCUT2D eigenvalue weighted by molar-refractivity contribution is 5.80. The topological polar surface area (TPSA) is 78.8 Å². The summed E-state index contributed by atoms with van der Waals surface area (Å²) in [5.74, 6) is 0.825. The molecule has 1 unspecified atom stereocenters. The average molecular weight is 408 g/mol. The third kappa shape index (κ3) is 8.25. The second kappa shape index (κ2) is 13.0. The van der Waals surface area contributed by atoms with Gasteiger partial charge in [-0.3, -0.25) is 9.79 Å². The molecule has 0 radical (unpaired) electrons. The molecule has 1 fully saturated rings. The van der Waals surface area contributed by atoms with Gasteiger partial charge in [-0.2, -0.15) is 0 Å². The van der Waals surface area contributed by atoms with Crippen molar-refractivity contribution in [2.75, 3.05) is 37.7 Å². The summed E-state index contributed by atoms with van der Waals surface area (Å²) in [6.45, 7) is 7.31. The number of nitrogens with one attached hydrogen (secondary N) is 2. The number of anilines is 1. The number of guanidine groups is 1. The SMILES string of the molecule is CCNC(=NCCCCCCC(=O)OCC)NC1CCN(c2ncccc2F)C1. The highest BCUT2D eigenvalue weighted by Crippen LogP contribution is 2.20. The molecule has 0 aromatic carbocycles. The van der Waals surface area contributed by atoms with E-state index < -0.39 is 0 Å². The number of ether oxygens (including phenoxy) is 1. The van der Waals surface area contributed by atoms with Crippen molar-refractivity contribution in [2.24, 2.45) is 4.99 Å². The molecule has 2 rings (SSSR count). The van der Waals surface area contributed by atoms with Crippen LogP contribution in [0.2, 0.25) is 0 Å². The van der Waals surface area contributed by atoms with Crippen LogP contribution in [0.15, 0.2) is 23.3 Å². The summed E-state index contributed by atoms with van der Waals surface area (Å²) in [7, 11) is 0. The van der Waals surface area contributed by atoms with Gasteiger partial charge in [-0.05, 0) is 45.2 Å². The second-order valence-corrected chi connectivity index (χ2v) is 7.11. The van der Waals surface area contributed by atoms with Crippen LogP contribution in [0.3, 0.4) is 0 Å². The third-order valence-corrected chi connectivity index (χ3v) is 4.78. The first-order valence-electron chi connectivity index (χ1n) is 10.7. The van der Waals surface area contributed by atoms with Crippen molar-refractivity contribution < 1.29 is 13.9 Å². The predicted molar refractivity (Wildman–Crippen MR) is 114 cm³/mol. The highest BCUT2D eigenvalue weighted by Gasteiger charge is 2.25. The first-order chi connectivity index (χ1) is 14.1. The van der Waals surface area contributed by atoms with Crippen LogP contribution in [-0.2, 0) is 9.53 Å². The Kier molecular flexibility index (Phi) is 10.2. The number of aliphatic imine (C=N–C) groups is 1. The molecule has 2 N–H and O–H groups in total. The van der Waals surface area contributed by atoms with E-state index >= 15 is 0 Å². The maximum atomic E-state index is 13.9. The Labute approximate surface area is 173 Å². The van der Waals surface area contributed by atoms with Crippen molar-refractivity contribution >= 4 is 17.7 Å². The van der Waals surface area contributed by atoms with Gasteiger partial charge in [-0.1, -0.05) is 12.8 Å². The number of hydrogen-bond donors (Lipinski definition) is 2. The lowest BCUT2D eigenvalue weighted by Gasteiger charge is -2.19. The number of hydrogen-bond acceptors (Lipinski definition) is 5. The van der Waals surface area contributed by atoms with Gasteiger partial charge in [0.15, 0.2) is 17.6 Å². The van der Waals surface area contributed by atoms with Crippen molar-refractivity contribution in [1.82, 2.24) is 15.6 Å². The van der Waals surface area contributed by atoms with Gasteiger partial charge < -0.3 is 20.3 Å². The Morgan fingerprint density at radius 2 is 2.17 bits per heavy atom. The number of aromatic nitrogens is 1. The van der Waals surface area contributed by atoms with Crippen LogP contribution in [0.4, 0.5) is 10.2 Å². The molecule has 0 aliphatic carbocycles. The Bertz CT molecular complexity index is 656. The highest BCUT2D eigenvalue weighted by atomic mass is 19.1. The molecule has 7 nitrogen and oxygen atoms in total. The fourth-order valence-corrected chi connectivity index (χ4v) is 3.35. The molecule has 1 aromatic rings. The van der Waals surface area contributed by atoms with E-state index in [4.69, 9.17) is 4.74 Å². The van der Waals surface area contributed by atoms with Crippen molar-refractivity contribution in [3.63, 3.8) is 0 Å². The maximum absolute atomic E-state index is 13.9. The van der Waals surface area contributed by atoms with Crippen LogP contribution in [0.1, 0.15) is 52.4 Å². The number of nitrogens with zero attached hydrogens (tertiary/aromatic N) is 3. The van der Waals surface area contributed by atoms with E-state index in [0.29, 0.717) is 25.4 Å². The molecule has 1 aliphatic rings. The zero-order valence-corrected chi connectivity index (χ0v) is 17.6. The number of carbonyl (C=O) groups is 1. The van der Waals surface area contributed by atoms with Crippen molar-refractivity contribution in [2.45, 2.75) is 58.4 Å². The molecule has 1 saturated heterocycles. The summed E-state index contributed by atoms with van der Waals surface area (Å²) in [5.41, 5.74) is 0. The summed E-state index contributed by atoms with van der Waals surface area (Å²) >= 11 is 0. The van der Waals surface area contributed by atoms with Crippen LogP contribution >= 0.6 is 0 Å². The molecule has 29 heavy (non-hydrogen) atoms. The zero-order chi connectivity index (χ0) is 20.9. The number of esters is 1. The van der Waals surface area contributed by atoms with Gasteiger partial charge in [0.1, 0.15) is 0 Å². The van der Waals surface area contributed by atoms with Gasteiger partial charge in [0.05, 0.1) is 6.61 Å². The predicted octanol–water partition coefficient (Wildman–Crippen LogP) is 2.87. The summed E-state index contributed by atoms with van der Waals surface area (Å²) in [6.07, 6.45) is 6.92. The molecule has 0 spiro atoms. The maximum Gasteiger partial charge on any atom is 0.305 e. The van der Waals surface area contributed by atoms with E-state index in [1.807, 2.05) is 18.7 Å². The molecule has 0 bridgehead atoms. The van der Waals surface area contributed by atoms with Crippen LogP contribution in [0.25, 0.3) is 0 Å². The van der Waals surface area contributed by atoms with Crippen molar-refractivity contribution in [1.29, 1.82) is 0 Å². The smallest absolute Gasteiger partial charge is 0.305 e. The summed E-state index contributed by atoms with van der Waals surface area (Å²) in [5, 5.41) is 6.73. The Balaban J connectivity index is 1.70. The summed E-state index contributed by atoms with van der Waals surface area (Å²) < 4.78 is 18.9. The van der Waals surface area contributed by atoms with Crippen LogP contribution < -0.4 is 15.5 Å². The first kappa shape index (κ1) is 22.9. The van der Waals surface area contributed by atoms with E-state index in [0.717, 1.165) is 57.7 Å². The molecule has 2 heterocycles. The number of pyridine rings is 1. The lowest BCUT2D eigenvalue weighted by Crippen LogP contribution is -2.44. The van der Waals surface area contributed by atoms with Gasteiger partial charge >= 0.3 is 5.97 Å². The minimum atomic E-state index is -0.281. The molecule has 8 heteroatoms. The van der Waals surface area contributed by atoms with E-state index in [1.54, 1.807) is 12.3 Å². The molecular formula is C21H34FN5O2. The Hall–Kier alpha value is -2.38. The van der Waals surface area contributed by atoms with Gasteiger partial charge in [0.25, 0.3) is 0 Å². The first-order valence-corrected chi connectivity index (χ1v) is 10.7. The van der Waals surface area contributed by atoms with Gasteiger partial charge in [0, 0.05) is 44.8 Å². The number of halogens is 1. The van der Waals surface area contributed by atoms with Crippen molar-refractivity contribution in [3.05, 3.63) is 24.1 Å². The fraction of sp³-hybridized carbons (Fsp3) is 0.667. The monoisotopic (exact) mass is 407 g/mol. The lowest BCUT2D eigenvalue weighted by atomic mass is 10.1. The van der Waals surface area contributed by atoms with E-state index in [9.17, 15) is 9.18 Å². The standard InChI is InChI=1S/C21H34FN5O2/c1-3-23-21(25-13-8-6-5-7-11-19(28)29-4-2)26-17-12-15-27(16-17)20-18(22)10-9-14-24-20/h9-10,14,17H,3-8,11-13,15-16H2,1-2H3,(H2,23,25,26). The van der Waals surface area contributed by atoms with E-state index in [1.165, 1.54) is 6.07 Å². The Morgan fingerprint density at radius 1 is 1.34 bits per heavy atom. The van der Waals surface area contributed by atoms with Crippen molar-refractivity contribution in [3.8, 4) is 0 Å². The summed E-state index contributed by atoms with van der Waals surface area (Å²) in [6, 6.07) is 3.26. The van der Waals surface area contributed by atoms with Crippen LogP contribution in [0, 0.1) is 5.82 Å². The van der Waals surface area contributed by atoms with E-state index in [2.05, 4.69) is 20.6 Å². The quantitative estimate of drug-likeness (QED) is 0.254. The van der Waals surface area contributed by atoms with Gasteiger partial charge in [-0.15, -0.1) is 0 Å². The molecule has 0 amide bonds. The van der Waals surface area contributed by atoms with Crippen LogP contribution in [0.5, 0.6) is 0 Å². The molecule has 0 saturated carbocycles. The van der Waals surface area contributed by atoms with Gasteiger partial charge in [-0.25, -0.2) is 9.37 Å². The third-order valence-electron chi connectivity index (χ3n) is 4.78. The largest absolute Gasteiger partial charge is 0.466 e. The lowest BCUT2D eigenvalue weighted by molar-refractivity contribution is -0.143. The fourth-order valence-electron chi connectivity index (χ4n) is 3.35. The minimum absolute atomic E-state index is 0.111. The van der Waals surface area contributed by atoms with E-state index in [-0.39, 0.29) is 17.8 Å². The number of unbranched alkanes of at least 4 members (excludes halogenated alkanes) is 3. The normalized spacial score (nSPS) is 16.7. The number of carbonyl (C=O) groups excluding carboxylic acids is 1. The molecule has 162 valence electrons. The minimum Gasteiger partial charge on any atom is -0.466 e. The molecule has 1 aliphatic heterocycles. The number of rotatable bonds is 11. The second-order valence-electron chi connectivity index (χ2n) is 7.11. The molecular weight excluding hydrogens is 373 g/mol. The summed E-state index contributed by atoms with van der Waals surface area (Å²) in [4.78, 5) is 22.1. The van der Waals surface area contributed by atoms with Crippen LogP contribution in [-0.4, -0.2) is 55.7 Å². The molecule has 1 aromatic heterocycles. The Morgan fingerprint density at radius 3 is 2.93 bits per heavy atom. The molecule has 1 atom stereocenters. The zero-order valence-electron chi connectivity index (χ0n) is 17.6.